The Morgan fingerprint density at radius 2 is 2.18 bits per heavy atom. The van der Waals surface area contributed by atoms with E-state index >= 15 is 0 Å². The minimum absolute atomic E-state index is 0.00255. The molecule has 3 atom stereocenters. The van der Waals surface area contributed by atoms with Crippen LogP contribution in [0.4, 0.5) is 5.13 Å². The lowest BCUT2D eigenvalue weighted by atomic mass is 9.89. The van der Waals surface area contributed by atoms with Crippen molar-refractivity contribution >= 4 is 98.2 Å². The van der Waals surface area contributed by atoms with Crippen molar-refractivity contribution < 1.29 is 24.3 Å². The molecule has 19 heteroatoms. The molecule has 2 aliphatic heterocycles. The summed E-state index contributed by atoms with van der Waals surface area (Å²) in [7, 11) is 0. The molecule has 3 aromatic rings. The SMILES string of the molecule is Nc1nc(C(=NOc2ccc(Cl)c(Cl)c2)C(=O)NC2C(=O)N3CC(CSc4nncs4)(C(=O)O)CS[C@H]23)ns1. The molecule has 13 nitrogen and oxygen atoms in total. The van der Waals surface area contributed by atoms with Crippen LogP contribution in [-0.4, -0.2) is 82.5 Å². The standard InChI is InChI=1S/C20H16Cl2N8O5S4/c21-9-2-1-8(3-10(9)22)35-28-11(13-26-18(23)39-29-13)14(31)25-12-15(32)30-4-20(17(33)34,5-36-16(12)30)6-37-19-27-24-7-38-19/h1-3,7,12,16H,4-6H2,(H,25,31)(H,33,34)(H2,23,26,29)/t12?,16-,20?/m1/s1. The fraction of sp³-hybridized carbons (Fsp3) is 0.300. The number of carbonyl (C=O) groups excluding carboxylic acids is 2. The largest absolute Gasteiger partial charge is 0.481 e. The Labute approximate surface area is 246 Å². The molecule has 4 heterocycles. The van der Waals surface area contributed by atoms with Gasteiger partial charge in [0.1, 0.15) is 22.3 Å². The predicted molar refractivity (Wildman–Crippen MR) is 149 cm³/mol. The molecule has 39 heavy (non-hydrogen) atoms. The van der Waals surface area contributed by atoms with Crippen molar-refractivity contribution in [2.24, 2.45) is 10.6 Å². The first kappa shape index (κ1) is 27.9. The average molecular weight is 648 g/mol. The van der Waals surface area contributed by atoms with Gasteiger partial charge in [-0.05, 0) is 12.1 Å². The molecule has 2 saturated heterocycles. The maximum absolute atomic E-state index is 13.2. The third-order valence-corrected chi connectivity index (χ3v) is 10.7. The molecule has 2 aromatic heterocycles. The van der Waals surface area contributed by atoms with Crippen LogP contribution in [0.15, 0.2) is 33.2 Å². The number of nitrogens with two attached hydrogens (primary N) is 1. The first-order valence-electron chi connectivity index (χ1n) is 10.8. The first-order chi connectivity index (χ1) is 18.7. The van der Waals surface area contributed by atoms with Crippen LogP contribution in [0.3, 0.4) is 0 Å². The topological polar surface area (TPSA) is 186 Å². The number of thioether (sulfide) groups is 2. The van der Waals surface area contributed by atoms with Crippen LogP contribution >= 0.6 is 69.6 Å². The summed E-state index contributed by atoms with van der Waals surface area (Å²) in [5.41, 5.74) is 5.76. The number of carboxylic acids is 1. The number of β-lactam (4-membered cyclic amide) rings is 1. The highest BCUT2D eigenvalue weighted by molar-refractivity contribution is 8.01. The highest BCUT2D eigenvalue weighted by Crippen LogP contribution is 2.44. The molecular formula is C20H16Cl2N8O5S4. The fourth-order valence-corrected chi connectivity index (χ4v) is 7.76. The second-order valence-electron chi connectivity index (χ2n) is 8.26. The summed E-state index contributed by atoms with van der Waals surface area (Å²) in [4.78, 5) is 49.3. The monoisotopic (exact) mass is 646 g/mol. The summed E-state index contributed by atoms with van der Waals surface area (Å²) >= 11 is 16.7. The van der Waals surface area contributed by atoms with Crippen LogP contribution in [-0.2, 0) is 14.4 Å². The molecule has 2 aliphatic rings. The maximum atomic E-state index is 13.2. The second-order valence-corrected chi connectivity index (χ2v) is 13.0. The van der Waals surface area contributed by atoms with Gasteiger partial charge in [0.05, 0.1) is 10.0 Å². The number of nitrogen functional groups attached to an aromatic ring is 1. The number of fused-ring (bicyclic) bond motifs is 1. The molecule has 0 saturated carbocycles. The van der Waals surface area contributed by atoms with E-state index in [1.807, 2.05) is 0 Å². The van der Waals surface area contributed by atoms with E-state index in [0.717, 1.165) is 11.5 Å². The highest BCUT2D eigenvalue weighted by atomic mass is 35.5. The number of aromatic nitrogens is 4. The third-order valence-electron chi connectivity index (χ3n) is 5.70. The third kappa shape index (κ3) is 5.78. The lowest BCUT2D eigenvalue weighted by Crippen LogP contribution is -2.74. The van der Waals surface area contributed by atoms with E-state index in [2.05, 4.69) is 30.0 Å². The number of hydrogen-bond donors (Lipinski definition) is 3. The Bertz CT molecular complexity index is 1460. The van der Waals surface area contributed by atoms with Gasteiger partial charge in [-0.2, -0.15) is 9.36 Å². The smallest absolute Gasteiger partial charge is 0.313 e. The Morgan fingerprint density at radius 1 is 1.36 bits per heavy atom. The number of nitrogens with zero attached hydrogens (tertiary/aromatic N) is 6. The van der Waals surface area contributed by atoms with Crippen molar-refractivity contribution in [2.75, 3.05) is 23.8 Å². The Balaban J connectivity index is 1.29. The molecule has 1 aromatic carbocycles. The Hall–Kier alpha value is -2.70. The van der Waals surface area contributed by atoms with Crippen LogP contribution in [0.5, 0.6) is 5.75 Å². The summed E-state index contributed by atoms with van der Waals surface area (Å²) in [6.45, 7) is 0.00255. The van der Waals surface area contributed by atoms with Gasteiger partial charge in [-0.1, -0.05) is 51.5 Å². The van der Waals surface area contributed by atoms with Gasteiger partial charge in [0.2, 0.25) is 17.4 Å². The lowest BCUT2D eigenvalue weighted by molar-refractivity contribution is -0.157. The molecule has 0 spiro atoms. The van der Waals surface area contributed by atoms with E-state index in [9.17, 15) is 19.5 Å². The van der Waals surface area contributed by atoms with Crippen molar-refractivity contribution in [3.8, 4) is 5.75 Å². The second kappa shape index (κ2) is 11.4. The van der Waals surface area contributed by atoms with E-state index in [-0.39, 0.29) is 45.5 Å². The molecule has 2 amide bonds. The van der Waals surface area contributed by atoms with Crippen molar-refractivity contribution in [2.45, 2.75) is 15.8 Å². The summed E-state index contributed by atoms with van der Waals surface area (Å²) in [5, 5.41) is 24.4. The fourth-order valence-electron chi connectivity index (χ4n) is 3.69. The summed E-state index contributed by atoms with van der Waals surface area (Å²) in [5.74, 6) is -1.63. The molecule has 204 valence electrons. The van der Waals surface area contributed by atoms with Gasteiger partial charge in [0, 0.05) is 35.6 Å². The molecule has 2 unspecified atom stereocenters. The normalized spacial score (nSPS) is 22.7. The lowest BCUT2D eigenvalue weighted by Gasteiger charge is -2.53. The van der Waals surface area contributed by atoms with Gasteiger partial charge in [-0.3, -0.25) is 14.4 Å². The number of rotatable bonds is 9. The van der Waals surface area contributed by atoms with Gasteiger partial charge in [-0.25, -0.2) is 0 Å². The van der Waals surface area contributed by atoms with Crippen molar-refractivity contribution in [3.05, 3.63) is 39.6 Å². The number of amides is 2. The minimum atomic E-state index is -1.18. The van der Waals surface area contributed by atoms with Crippen molar-refractivity contribution in [1.82, 2.24) is 29.8 Å². The molecular weight excluding hydrogens is 631 g/mol. The summed E-state index contributed by atoms with van der Waals surface area (Å²) in [6, 6.07) is 3.51. The number of anilines is 1. The minimum Gasteiger partial charge on any atom is -0.481 e. The van der Waals surface area contributed by atoms with E-state index in [4.69, 9.17) is 33.8 Å². The average Bonchev–Trinajstić information content (AvgIpc) is 3.60. The predicted octanol–water partition coefficient (Wildman–Crippen LogP) is 2.32. The zero-order valence-electron chi connectivity index (χ0n) is 19.3. The Kier molecular flexibility index (Phi) is 8.16. The summed E-state index contributed by atoms with van der Waals surface area (Å²) < 4.78 is 4.67. The maximum Gasteiger partial charge on any atom is 0.313 e. The number of benzene rings is 1. The van der Waals surface area contributed by atoms with Gasteiger partial charge in [-0.15, -0.1) is 22.0 Å². The van der Waals surface area contributed by atoms with Crippen LogP contribution < -0.4 is 15.9 Å². The molecule has 0 bridgehead atoms. The number of hydrogen-bond acceptors (Lipinski definition) is 14. The van der Waals surface area contributed by atoms with E-state index in [0.29, 0.717) is 9.36 Å². The number of aliphatic carboxylic acids is 1. The van der Waals surface area contributed by atoms with Gasteiger partial charge in [0.25, 0.3) is 5.91 Å². The van der Waals surface area contributed by atoms with E-state index < -0.39 is 34.6 Å². The van der Waals surface area contributed by atoms with E-state index in [1.165, 1.54) is 58.0 Å². The van der Waals surface area contributed by atoms with Gasteiger partial charge >= 0.3 is 5.97 Å². The zero-order chi connectivity index (χ0) is 27.7. The molecule has 5 rings (SSSR count). The number of carbonyl (C=O) groups is 3. The molecule has 0 radical (unpaired) electrons. The van der Waals surface area contributed by atoms with Crippen molar-refractivity contribution in [1.29, 1.82) is 0 Å². The first-order valence-corrected chi connectivity index (χ1v) is 15.3. The van der Waals surface area contributed by atoms with Crippen LogP contribution in [0, 0.1) is 5.41 Å². The van der Waals surface area contributed by atoms with Crippen molar-refractivity contribution in [3.63, 3.8) is 0 Å². The number of nitrogens with one attached hydrogen (secondary N) is 1. The molecule has 2 fully saturated rings. The number of carboxylic acid groups (broad SMARTS) is 1. The molecule has 0 aliphatic carbocycles. The Morgan fingerprint density at radius 3 is 2.85 bits per heavy atom. The van der Waals surface area contributed by atoms with Crippen LogP contribution in [0.1, 0.15) is 5.82 Å². The van der Waals surface area contributed by atoms with Gasteiger partial charge in [0.15, 0.2) is 15.2 Å². The quantitative estimate of drug-likeness (QED) is 0.133. The van der Waals surface area contributed by atoms with Crippen LogP contribution in [0.25, 0.3) is 0 Å². The zero-order valence-corrected chi connectivity index (χ0v) is 24.1. The number of oxime groups is 1. The highest BCUT2D eigenvalue weighted by Gasteiger charge is 2.57. The number of halogens is 2. The summed E-state index contributed by atoms with van der Waals surface area (Å²) in [6.07, 6.45) is 0. The molecule has 4 N–H and O–H groups in total. The van der Waals surface area contributed by atoms with E-state index in [1.54, 1.807) is 5.51 Å². The van der Waals surface area contributed by atoms with Crippen LogP contribution in [0.2, 0.25) is 10.0 Å². The van der Waals surface area contributed by atoms with Gasteiger partial charge < -0.3 is 25.9 Å².